The molecule has 0 radical (unpaired) electrons. The first-order chi connectivity index (χ1) is 7.77. The zero-order valence-electron chi connectivity index (χ0n) is 9.47. The average molecular weight is 238 g/mol. The van der Waals surface area contributed by atoms with Crippen molar-refractivity contribution in [2.75, 3.05) is 14.2 Å². The number of nitrogens with one attached hydrogen (secondary N) is 1. The van der Waals surface area contributed by atoms with Gasteiger partial charge in [0.25, 0.3) is 0 Å². The van der Waals surface area contributed by atoms with Crippen LogP contribution >= 0.6 is 11.3 Å². The molecule has 2 heterocycles. The minimum Gasteiger partial charge on any atom is -0.496 e. The highest BCUT2D eigenvalue weighted by atomic mass is 32.1. The number of hydrogen-bond donors (Lipinski definition) is 1. The van der Waals surface area contributed by atoms with Gasteiger partial charge in [-0.15, -0.1) is 16.4 Å². The maximum Gasteiger partial charge on any atom is 0.134 e. The summed E-state index contributed by atoms with van der Waals surface area (Å²) >= 11 is 1.66. The van der Waals surface area contributed by atoms with E-state index in [0.29, 0.717) is 0 Å². The fourth-order valence-corrected chi connectivity index (χ4v) is 2.64. The van der Waals surface area contributed by atoms with Crippen LogP contribution in [0.3, 0.4) is 0 Å². The third kappa shape index (κ3) is 1.81. The van der Waals surface area contributed by atoms with Crippen LogP contribution in [0.1, 0.15) is 16.6 Å². The van der Waals surface area contributed by atoms with Crippen molar-refractivity contribution in [2.24, 2.45) is 7.05 Å². The molecule has 0 bridgehead atoms. The second-order valence-corrected chi connectivity index (χ2v) is 4.31. The summed E-state index contributed by atoms with van der Waals surface area (Å²) in [6.07, 6.45) is 1.76. The van der Waals surface area contributed by atoms with E-state index in [9.17, 15) is 0 Å². The summed E-state index contributed by atoms with van der Waals surface area (Å²) in [4.78, 5) is 1.13. The van der Waals surface area contributed by atoms with Gasteiger partial charge in [0.05, 0.1) is 29.9 Å². The molecule has 86 valence electrons. The Hall–Kier alpha value is -1.40. The molecule has 1 unspecified atom stereocenters. The highest BCUT2D eigenvalue weighted by Crippen LogP contribution is 2.33. The minimum absolute atomic E-state index is 0.0648. The van der Waals surface area contributed by atoms with Crippen LogP contribution in [-0.2, 0) is 7.05 Å². The number of aryl methyl sites for hydroxylation is 1. The zero-order valence-corrected chi connectivity index (χ0v) is 10.3. The van der Waals surface area contributed by atoms with Crippen LogP contribution in [0.4, 0.5) is 0 Å². The number of methoxy groups -OCH3 is 1. The molecule has 2 aromatic rings. The molecule has 6 heteroatoms. The van der Waals surface area contributed by atoms with Gasteiger partial charge in [0.1, 0.15) is 5.75 Å². The molecular formula is C10H14N4OS. The molecule has 1 atom stereocenters. The van der Waals surface area contributed by atoms with Gasteiger partial charge in [-0.3, -0.25) is 4.68 Å². The molecule has 0 aliphatic rings. The number of hydrogen-bond acceptors (Lipinski definition) is 5. The van der Waals surface area contributed by atoms with Crippen LogP contribution in [-0.4, -0.2) is 29.2 Å². The van der Waals surface area contributed by atoms with E-state index >= 15 is 0 Å². The van der Waals surface area contributed by atoms with Crippen molar-refractivity contribution in [3.8, 4) is 5.75 Å². The van der Waals surface area contributed by atoms with Gasteiger partial charge < -0.3 is 10.1 Å². The van der Waals surface area contributed by atoms with Crippen LogP contribution in [0.15, 0.2) is 17.6 Å². The monoisotopic (exact) mass is 238 g/mol. The maximum atomic E-state index is 5.33. The Labute approximate surface area is 98.0 Å². The lowest BCUT2D eigenvalue weighted by molar-refractivity contribution is 0.407. The zero-order chi connectivity index (χ0) is 11.5. The Balaban J connectivity index is 2.40. The molecule has 5 nitrogen and oxygen atoms in total. The molecule has 0 fully saturated rings. The van der Waals surface area contributed by atoms with Gasteiger partial charge in [-0.05, 0) is 18.5 Å². The molecular weight excluding hydrogens is 224 g/mol. The van der Waals surface area contributed by atoms with E-state index in [2.05, 4.69) is 15.6 Å². The van der Waals surface area contributed by atoms with Gasteiger partial charge in [-0.2, -0.15) is 0 Å². The Kier molecular flexibility index (Phi) is 3.21. The van der Waals surface area contributed by atoms with Crippen molar-refractivity contribution in [3.05, 3.63) is 28.2 Å². The second-order valence-electron chi connectivity index (χ2n) is 3.36. The summed E-state index contributed by atoms with van der Waals surface area (Å²) in [5.41, 5.74) is 1.02. The normalized spacial score (nSPS) is 12.7. The van der Waals surface area contributed by atoms with E-state index < -0.39 is 0 Å². The third-order valence-corrected chi connectivity index (χ3v) is 3.44. The van der Waals surface area contributed by atoms with E-state index in [1.807, 2.05) is 25.5 Å². The average Bonchev–Trinajstić information content (AvgIpc) is 2.90. The largest absolute Gasteiger partial charge is 0.496 e. The van der Waals surface area contributed by atoms with Crippen molar-refractivity contribution in [1.82, 2.24) is 20.3 Å². The molecule has 0 amide bonds. The van der Waals surface area contributed by atoms with Crippen molar-refractivity contribution in [2.45, 2.75) is 6.04 Å². The summed E-state index contributed by atoms with van der Waals surface area (Å²) < 4.78 is 7.09. The highest BCUT2D eigenvalue weighted by molar-refractivity contribution is 7.10. The maximum absolute atomic E-state index is 5.33. The first kappa shape index (κ1) is 11.1. The topological polar surface area (TPSA) is 52.0 Å². The van der Waals surface area contributed by atoms with Crippen molar-refractivity contribution in [3.63, 3.8) is 0 Å². The van der Waals surface area contributed by atoms with E-state index in [-0.39, 0.29) is 6.04 Å². The molecule has 1 N–H and O–H groups in total. The predicted molar refractivity (Wildman–Crippen MR) is 62.8 cm³/mol. The Morgan fingerprint density at radius 3 is 2.94 bits per heavy atom. The number of rotatable bonds is 4. The lowest BCUT2D eigenvalue weighted by Crippen LogP contribution is -2.20. The molecule has 0 saturated heterocycles. The molecule has 0 saturated carbocycles. The van der Waals surface area contributed by atoms with Crippen molar-refractivity contribution >= 4 is 11.3 Å². The molecule has 0 aliphatic carbocycles. The summed E-state index contributed by atoms with van der Waals surface area (Å²) in [5, 5.41) is 13.1. The van der Waals surface area contributed by atoms with E-state index in [1.54, 1.807) is 29.3 Å². The predicted octanol–water partition coefficient (Wildman–Crippen LogP) is 1.19. The second kappa shape index (κ2) is 4.63. The fraction of sp³-hybridized carbons (Fsp3) is 0.400. The van der Waals surface area contributed by atoms with Gasteiger partial charge in [0.15, 0.2) is 0 Å². The van der Waals surface area contributed by atoms with Gasteiger partial charge in [0.2, 0.25) is 0 Å². The van der Waals surface area contributed by atoms with Crippen LogP contribution in [0.5, 0.6) is 5.75 Å². The van der Waals surface area contributed by atoms with Crippen LogP contribution in [0, 0.1) is 0 Å². The SMILES string of the molecule is CNC(c1sccc1OC)c1cnnn1C. The molecule has 0 spiro atoms. The van der Waals surface area contributed by atoms with Crippen molar-refractivity contribution in [1.29, 1.82) is 0 Å². The van der Waals surface area contributed by atoms with Crippen LogP contribution in [0.25, 0.3) is 0 Å². The number of thiophene rings is 1. The lowest BCUT2D eigenvalue weighted by Gasteiger charge is -2.15. The van der Waals surface area contributed by atoms with Crippen LogP contribution < -0.4 is 10.1 Å². The van der Waals surface area contributed by atoms with Crippen molar-refractivity contribution < 1.29 is 4.74 Å². The Morgan fingerprint density at radius 2 is 2.38 bits per heavy atom. The standard InChI is InChI=1S/C10H14N4OS/c1-11-9(7-6-12-13-14(7)2)10-8(15-3)4-5-16-10/h4-6,9,11H,1-3H3. The summed E-state index contributed by atoms with van der Waals surface area (Å²) in [5.74, 6) is 0.894. The van der Waals surface area contributed by atoms with E-state index in [4.69, 9.17) is 4.74 Å². The highest BCUT2D eigenvalue weighted by Gasteiger charge is 2.21. The van der Waals surface area contributed by atoms with Gasteiger partial charge in [0, 0.05) is 7.05 Å². The fourth-order valence-electron chi connectivity index (χ4n) is 1.66. The number of ether oxygens (including phenoxy) is 1. The summed E-state index contributed by atoms with van der Waals surface area (Å²) in [7, 11) is 5.48. The molecule has 2 aromatic heterocycles. The third-order valence-electron chi connectivity index (χ3n) is 2.47. The lowest BCUT2D eigenvalue weighted by atomic mass is 10.1. The van der Waals surface area contributed by atoms with Crippen LogP contribution in [0.2, 0.25) is 0 Å². The Bertz CT molecular complexity index is 465. The number of aromatic nitrogens is 3. The molecule has 16 heavy (non-hydrogen) atoms. The molecule has 2 rings (SSSR count). The quantitative estimate of drug-likeness (QED) is 0.869. The minimum atomic E-state index is 0.0648. The summed E-state index contributed by atoms with van der Waals surface area (Å²) in [6, 6.07) is 2.03. The molecule has 0 aliphatic heterocycles. The van der Waals surface area contributed by atoms with E-state index in [0.717, 1.165) is 16.3 Å². The van der Waals surface area contributed by atoms with E-state index in [1.165, 1.54) is 0 Å². The Morgan fingerprint density at radius 1 is 1.56 bits per heavy atom. The first-order valence-electron chi connectivity index (χ1n) is 4.91. The van der Waals surface area contributed by atoms with Gasteiger partial charge in [-0.1, -0.05) is 5.21 Å². The molecule has 0 aromatic carbocycles. The summed E-state index contributed by atoms with van der Waals surface area (Å²) in [6.45, 7) is 0. The van der Waals surface area contributed by atoms with Gasteiger partial charge in [-0.25, -0.2) is 0 Å². The number of nitrogens with zero attached hydrogens (tertiary/aromatic N) is 3. The smallest absolute Gasteiger partial charge is 0.134 e. The first-order valence-corrected chi connectivity index (χ1v) is 5.79. The van der Waals surface area contributed by atoms with Gasteiger partial charge >= 0.3 is 0 Å².